The van der Waals surface area contributed by atoms with E-state index in [1.165, 1.54) is 29.7 Å². The number of carbonyl (C=O) groups is 3. The van der Waals surface area contributed by atoms with E-state index < -0.39 is 35.9 Å². The Morgan fingerprint density at radius 2 is 1.66 bits per heavy atom. The van der Waals surface area contributed by atoms with Crippen molar-refractivity contribution in [2.75, 3.05) is 13.1 Å². The normalized spacial score (nSPS) is 15.1. The number of ether oxygens (including phenoxy) is 1. The van der Waals surface area contributed by atoms with Gasteiger partial charge in [-0.15, -0.1) is 0 Å². The number of amides is 2. The molecule has 2 aromatic rings. The lowest BCUT2D eigenvalue weighted by Gasteiger charge is -2.43. The Balaban J connectivity index is 1.86. The molecule has 0 spiro atoms. The molecule has 0 aliphatic carbocycles. The van der Waals surface area contributed by atoms with E-state index in [-0.39, 0.29) is 38.1 Å². The molecule has 1 saturated heterocycles. The van der Waals surface area contributed by atoms with E-state index in [2.05, 4.69) is 10.2 Å². The molecule has 0 unspecified atom stereocenters. The van der Waals surface area contributed by atoms with Crippen LogP contribution >= 0.6 is 0 Å². The number of hydrogen-bond donors (Lipinski definition) is 3. The van der Waals surface area contributed by atoms with Crippen molar-refractivity contribution in [1.29, 1.82) is 0 Å². The molecule has 2 aromatic carbocycles. The SMILES string of the molecule is O=C(CC1(N(OC(=O)C(F)(F)F)C(=O)c2ccc(OCc3ccccc3)cc2)CCNCC1)NO. The molecule has 0 radical (unpaired) electrons. The summed E-state index contributed by atoms with van der Waals surface area (Å²) >= 11 is 0. The van der Waals surface area contributed by atoms with E-state index in [1.807, 2.05) is 30.3 Å². The van der Waals surface area contributed by atoms with E-state index in [9.17, 15) is 27.6 Å². The van der Waals surface area contributed by atoms with Crippen molar-refractivity contribution in [2.24, 2.45) is 0 Å². The van der Waals surface area contributed by atoms with Gasteiger partial charge in [-0.3, -0.25) is 14.8 Å². The number of alkyl halides is 3. The van der Waals surface area contributed by atoms with Gasteiger partial charge < -0.3 is 14.9 Å². The Kier molecular flexibility index (Phi) is 8.30. The van der Waals surface area contributed by atoms with Crippen molar-refractivity contribution >= 4 is 17.8 Å². The van der Waals surface area contributed by atoms with Crippen LogP contribution in [0.2, 0.25) is 0 Å². The van der Waals surface area contributed by atoms with E-state index in [1.54, 1.807) is 0 Å². The Morgan fingerprint density at radius 1 is 1.03 bits per heavy atom. The van der Waals surface area contributed by atoms with Crippen molar-refractivity contribution in [3.05, 3.63) is 65.7 Å². The molecule has 12 heteroatoms. The van der Waals surface area contributed by atoms with Gasteiger partial charge in [0.2, 0.25) is 5.91 Å². The molecule has 1 heterocycles. The van der Waals surface area contributed by atoms with E-state index >= 15 is 0 Å². The minimum absolute atomic E-state index is 0.00440. The molecule has 0 bridgehead atoms. The first kappa shape index (κ1) is 26.0. The highest BCUT2D eigenvalue weighted by molar-refractivity contribution is 5.95. The molecule has 9 nitrogen and oxygen atoms in total. The van der Waals surface area contributed by atoms with Gasteiger partial charge in [-0.1, -0.05) is 30.3 Å². The third-order valence-electron chi connectivity index (χ3n) is 5.52. The molecule has 1 fully saturated rings. The van der Waals surface area contributed by atoms with Gasteiger partial charge in [-0.25, -0.2) is 10.3 Å². The minimum Gasteiger partial charge on any atom is -0.489 e. The Hall–Kier alpha value is -3.64. The van der Waals surface area contributed by atoms with Crippen LogP contribution in [0.4, 0.5) is 13.2 Å². The third kappa shape index (κ3) is 6.70. The lowest BCUT2D eigenvalue weighted by molar-refractivity contribution is -0.246. The van der Waals surface area contributed by atoms with E-state index in [0.717, 1.165) is 5.56 Å². The van der Waals surface area contributed by atoms with Gasteiger partial charge in [0.1, 0.15) is 12.4 Å². The minimum atomic E-state index is -5.37. The number of benzene rings is 2. The Morgan fingerprint density at radius 3 is 2.23 bits per heavy atom. The van der Waals surface area contributed by atoms with Crippen LogP contribution in [-0.2, 0) is 21.0 Å². The molecule has 0 aromatic heterocycles. The van der Waals surface area contributed by atoms with Crippen LogP contribution in [0.25, 0.3) is 0 Å². The lowest BCUT2D eigenvalue weighted by Crippen LogP contribution is -2.59. The Bertz CT molecular complexity index is 1030. The topological polar surface area (TPSA) is 117 Å². The highest BCUT2D eigenvalue weighted by Gasteiger charge is 2.50. The molecule has 1 aliphatic heterocycles. The van der Waals surface area contributed by atoms with Gasteiger partial charge in [0.25, 0.3) is 5.91 Å². The zero-order valence-electron chi connectivity index (χ0n) is 18.5. The van der Waals surface area contributed by atoms with Crippen molar-refractivity contribution < 1.29 is 42.3 Å². The molecule has 0 saturated carbocycles. The maximum atomic E-state index is 13.3. The van der Waals surface area contributed by atoms with Crippen molar-refractivity contribution in [1.82, 2.24) is 15.9 Å². The number of nitrogens with zero attached hydrogens (tertiary/aromatic N) is 1. The zero-order chi connectivity index (χ0) is 25.5. The average molecular weight is 495 g/mol. The fraction of sp³-hybridized carbons (Fsp3) is 0.348. The number of carbonyl (C=O) groups excluding carboxylic acids is 3. The predicted octanol–water partition coefficient (Wildman–Crippen LogP) is 2.75. The summed E-state index contributed by atoms with van der Waals surface area (Å²) in [6.07, 6.45) is -5.97. The van der Waals surface area contributed by atoms with Crippen molar-refractivity contribution in [2.45, 2.75) is 37.6 Å². The summed E-state index contributed by atoms with van der Waals surface area (Å²) in [5.41, 5.74) is 0.622. The quantitative estimate of drug-likeness (QED) is 0.400. The Labute approximate surface area is 198 Å². The fourth-order valence-electron chi connectivity index (χ4n) is 3.72. The van der Waals surface area contributed by atoms with Crippen LogP contribution in [0.15, 0.2) is 54.6 Å². The smallest absolute Gasteiger partial charge is 0.489 e. The van der Waals surface area contributed by atoms with E-state index in [0.29, 0.717) is 10.8 Å². The summed E-state index contributed by atoms with van der Waals surface area (Å²) in [5, 5.41) is 12.3. The first-order chi connectivity index (χ1) is 16.6. The predicted molar refractivity (Wildman–Crippen MR) is 115 cm³/mol. The number of nitrogens with one attached hydrogen (secondary N) is 2. The second kappa shape index (κ2) is 11.2. The molecule has 3 rings (SSSR count). The maximum absolute atomic E-state index is 13.3. The molecule has 0 atom stereocenters. The molecular weight excluding hydrogens is 471 g/mol. The van der Waals surface area contributed by atoms with Gasteiger partial charge >= 0.3 is 12.1 Å². The summed E-state index contributed by atoms with van der Waals surface area (Å²) in [6, 6.07) is 14.8. The van der Waals surface area contributed by atoms with E-state index in [4.69, 9.17) is 9.94 Å². The van der Waals surface area contributed by atoms with Crippen LogP contribution in [-0.4, -0.2) is 52.9 Å². The van der Waals surface area contributed by atoms with Crippen LogP contribution in [0.5, 0.6) is 5.75 Å². The van der Waals surface area contributed by atoms with Gasteiger partial charge in [-0.05, 0) is 55.8 Å². The monoisotopic (exact) mass is 495 g/mol. The second-order valence-corrected chi connectivity index (χ2v) is 7.96. The number of rotatable bonds is 7. The van der Waals surface area contributed by atoms with Gasteiger partial charge in [0.05, 0.1) is 12.0 Å². The summed E-state index contributed by atoms with van der Waals surface area (Å²) in [6.45, 7) is 0.729. The van der Waals surface area contributed by atoms with Crippen molar-refractivity contribution in [3.8, 4) is 5.75 Å². The third-order valence-corrected chi connectivity index (χ3v) is 5.52. The molecule has 2 amide bonds. The summed E-state index contributed by atoms with van der Waals surface area (Å²) in [5.74, 6) is -4.20. The first-order valence-electron chi connectivity index (χ1n) is 10.7. The number of hydroxylamine groups is 3. The standard InChI is InChI=1S/C23H24F3N3O6/c24-23(25,26)21(32)35-29(22(14-19(30)28-33)10-12-27-13-11-22)20(31)17-6-8-18(9-7-17)34-15-16-4-2-1-3-5-16/h1-9,27,33H,10-15H2,(H,28,30). The summed E-state index contributed by atoms with van der Waals surface area (Å²) in [4.78, 5) is 41.5. The average Bonchev–Trinajstić information content (AvgIpc) is 2.86. The molecule has 188 valence electrons. The largest absolute Gasteiger partial charge is 0.493 e. The second-order valence-electron chi connectivity index (χ2n) is 7.96. The number of halogens is 3. The van der Waals surface area contributed by atoms with Crippen LogP contribution in [0, 0.1) is 0 Å². The first-order valence-corrected chi connectivity index (χ1v) is 10.7. The lowest BCUT2D eigenvalue weighted by atomic mass is 9.84. The van der Waals surface area contributed by atoms with Crippen molar-refractivity contribution in [3.63, 3.8) is 0 Å². The van der Waals surface area contributed by atoms with Crippen LogP contribution in [0.3, 0.4) is 0 Å². The van der Waals surface area contributed by atoms with Gasteiger partial charge in [0.15, 0.2) is 0 Å². The summed E-state index contributed by atoms with van der Waals surface area (Å²) in [7, 11) is 0. The molecule has 35 heavy (non-hydrogen) atoms. The fourth-order valence-corrected chi connectivity index (χ4v) is 3.72. The highest BCUT2D eigenvalue weighted by Crippen LogP contribution is 2.34. The summed E-state index contributed by atoms with van der Waals surface area (Å²) < 4.78 is 44.7. The molecule has 1 aliphatic rings. The van der Waals surface area contributed by atoms with Gasteiger partial charge in [0, 0.05) is 5.56 Å². The van der Waals surface area contributed by atoms with Crippen LogP contribution in [0.1, 0.15) is 35.2 Å². The van der Waals surface area contributed by atoms with Crippen LogP contribution < -0.4 is 15.5 Å². The number of piperidine rings is 1. The number of hydrogen-bond acceptors (Lipinski definition) is 7. The van der Waals surface area contributed by atoms with Gasteiger partial charge in [-0.2, -0.15) is 18.2 Å². The molecule has 3 N–H and O–H groups in total. The maximum Gasteiger partial charge on any atom is 0.493 e. The molecular formula is C23H24F3N3O6. The zero-order valence-corrected chi connectivity index (χ0v) is 18.5. The highest BCUT2D eigenvalue weighted by atomic mass is 19.4.